The van der Waals surface area contributed by atoms with Crippen molar-refractivity contribution >= 4 is 18.2 Å². The van der Waals surface area contributed by atoms with Gasteiger partial charge in [0.05, 0.1) is 6.04 Å². The number of aliphatic carboxylic acids is 1. The summed E-state index contributed by atoms with van der Waals surface area (Å²) in [6.45, 7) is 7.98. The summed E-state index contributed by atoms with van der Waals surface area (Å²) in [6, 6.07) is 8.47. The van der Waals surface area contributed by atoms with Gasteiger partial charge in [-0.2, -0.15) is 0 Å². The fraction of sp³-hybridized carbons (Fsp3) is 0.571. The van der Waals surface area contributed by atoms with Crippen LogP contribution >= 0.6 is 0 Å². The van der Waals surface area contributed by atoms with Gasteiger partial charge >= 0.3 is 18.2 Å². The van der Waals surface area contributed by atoms with Gasteiger partial charge in [0.2, 0.25) is 0 Å². The molecule has 0 radical (unpaired) electrons. The van der Waals surface area contributed by atoms with Crippen molar-refractivity contribution in [1.82, 2.24) is 4.90 Å². The van der Waals surface area contributed by atoms with Crippen molar-refractivity contribution in [1.29, 1.82) is 0 Å². The molecule has 0 aromatic heterocycles. The molecular weight excluding hydrogens is 394 g/mol. The lowest BCUT2D eigenvalue weighted by Gasteiger charge is -2.35. The van der Waals surface area contributed by atoms with Gasteiger partial charge in [-0.15, -0.1) is 0 Å². The maximum atomic E-state index is 13.1. The first-order valence-corrected chi connectivity index (χ1v) is 9.69. The highest BCUT2D eigenvalue weighted by Gasteiger charge is 2.66. The number of hydrogen-bond acceptors (Lipinski definition) is 7. The predicted octanol–water partition coefficient (Wildman–Crippen LogP) is 2.96. The minimum absolute atomic E-state index is 0.265. The molecule has 30 heavy (non-hydrogen) atoms. The maximum Gasteiger partial charge on any atom is 0.509 e. The summed E-state index contributed by atoms with van der Waals surface area (Å²) >= 11 is 0. The number of nitrogens with zero attached hydrogens (tertiary/aromatic N) is 1. The smallest absolute Gasteiger partial charge is 0.478 e. The Hall–Kier alpha value is -2.81. The number of hydrogen-bond donors (Lipinski definition) is 1. The Labute approximate surface area is 174 Å². The van der Waals surface area contributed by atoms with E-state index in [1.807, 2.05) is 30.3 Å². The van der Waals surface area contributed by atoms with Gasteiger partial charge in [0.15, 0.2) is 0 Å². The SMILES string of the molecule is CC(C)(C)OC(=O)N1[C@@H](Cc2ccccc2)[C@H]([C@@]2(C(=O)O)COC(=O)O2)OC1(C)C. The van der Waals surface area contributed by atoms with Gasteiger partial charge in [-0.1, -0.05) is 30.3 Å². The minimum Gasteiger partial charge on any atom is -0.478 e. The first-order valence-electron chi connectivity index (χ1n) is 9.69. The Bertz CT molecular complexity index is 831. The molecule has 2 aliphatic rings. The van der Waals surface area contributed by atoms with Crippen LogP contribution in [0.1, 0.15) is 40.2 Å². The Morgan fingerprint density at radius 1 is 1.23 bits per heavy atom. The molecule has 9 nitrogen and oxygen atoms in total. The number of amides is 1. The van der Waals surface area contributed by atoms with Crippen LogP contribution in [0.15, 0.2) is 30.3 Å². The number of carboxylic acids is 1. The Morgan fingerprint density at radius 2 is 1.87 bits per heavy atom. The van der Waals surface area contributed by atoms with Crippen molar-refractivity contribution in [3.05, 3.63) is 35.9 Å². The number of cyclic esters (lactones) is 2. The van der Waals surface area contributed by atoms with Crippen LogP contribution in [-0.4, -0.2) is 63.9 Å². The quantitative estimate of drug-likeness (QED) is 0.739. The molecule has 0 saturated carbocycles. The van der Waals surface area contributed by atoms with Gasteiger partial charge < -0.3 is 24.1 Å². The summed E-state index contributed by atoms with van der Waals surface area (Å²) in [4.78, 5) is 38.4. The van der Waals surface area contributed by atoms with Gasteiger partial charge in [-0.05, 0) is 46.6 Å². The first kappa shape index (κ1) is 21.9. The molecule has 0 bridgehead atoms. The van der Waals surface area contributed by atoms with Crippen LogP contribution in [0.3, 0.4) is 0 Å². The topological polar surface area (TPSA) is 112 Å². The molecule has 9 heteroatoms. The van der Waals surface area contributed by atoms with E-state index in [4.69, 9.17) is 18.9 Å². The molecule has 0 spiro atoms. The van der Waals surface area contributed by atoms with Crippen LogP contribution in [0.25, 0.3) is 0 Å². The molecule has 2 heterocycles. The van der Waals surface area contributed by atoms with E-state index in [-0.39, 0.29) is 6.42 Å². The average molecular weight is 421 g/mol. The van der Waals surface area contributed by atoms with Gasteiger partial charge in [-0.25, -0.2) is 14.4 Å². The molecule has 2 aliphatic heterocycles. The van der Waals surface area contributed by atoms with E-state index in [1.165, 1.54) is 4.90 Å². The number of carbonyl (C=O) groups excluding carboxylic acids is 2. The van der Waals surface area contributed by atoms with Crippen molar-refractivity contribution in [3.63, 3.8) is 0 Å². The molecule has 2 fully saturated rings. The summed E-state index contributed by atoms with van der Waals surface area (Å²) in [5, 5.41) is 9.94. The zero-order valence-electron chi connectivity index (χ0n) is 17.7. The standard InChI is InChI=1S/C21H27NO8/c1-19(2,3)29-17(25)22-14(11-13-9-7-6-8-10-13)15(28-20(22,4)5)21(16(23)24)12-27-18(26)30-21/h6-10,14-15H,11-12H2,1-5H3,(H,23,24)/t14-,15+,21+/m0/s1. The van der Waals surface area contributed by atoms with Crippen molar-refractivity contribution in [2.24, 2.45) is 0 Å². The van der Waals surface area contributed by atoms with Crippen LogP contribution in [0.4, 0.5) is 9.59 Å². The lowest BCUT2D eigenvalue weighted by Crippen LogP contribution is -2.58. The van der Waals surface area contributed by atoms with Crippen molar-refractivity contribution in [2.45, 2.75) is 70.1 Å². The van der Waals surface area contributed by atoms with Gasteiger partial charge in [-0.3, -0.25) is 4.90 Å². The lowest BCUT2D eigenvalue weighted by molar-refractivity contribution is -0.176. The summed E-state index contributed by atoms with van der Waals surface area (Å²) in [6.07, 6.45) is -2.65. The number of rotatable bonds is 4. The monoisotopic (exact) mass is 421 g/mol. The summed E-state index contributed by atoms with van der Waals surface area (Å²) < 4.78 is 21.6. The fourth-order valence-electron chi connectivity index (χ4n) is 3.85. The van der Waals surface area contributed by atoms with Crippen LogP contribution in [-0.2, 0) is 30.2 Å². The fourth-order valence-corrected chi connectivity index (χ4v) is 3.85. The molecule has 0 unspecified atom stereocenters. The molecule has 164 valence electrons. The molecule has 1 aromatic rings. The highest BCUT2D eigenvalue weighted by atomic mass is 16.8. The predicted molar refractivity (Wildman–Crippen MR) is 104 cm³/mol. The molecule has 3 rings (SSSR count). The second-order valence-corrected chi connectivity index (χ2v) is 8.93. The van der Waals surface area contributed by atoms with Gasteiger partial charge in [0, 0.05) is 0 Å². The average Bonchev–Trinajstić information content (AvgIpc) is 3.13. The largest absolute Gasteiger partial charge is 0.509 e. The Morgan fingerprint density at radius 3 is 2.37 bits per heavy atom. The lowest BCUT2D eigenvalue weighted by atomic mass is 9.88. The molecule has 2 saturated heterocycles. The van der Waals surface area contributed by atoms with Crippen LogP contribution < -0.4 is 0 Å². The van der Waals surface area contributed by atoms with Crippen LogP contribution in [0.5, 0.6) is 0 Å². The molecule has 1 amide bonds. The third kappa shape index (κ3) is 4.07. The van der Waals surface area contributed by atoms with Gasteiger partial charge in [0.25, 0.3) is 5.60 Å². The number of benzene rings is 1. The molecule has 0 aliphatic carbocycles. The number of carbonyl (C=O) groups is 3. The Balaban J connectivity index is 2.05. The molecular formula is C21H27NO8. The Kier molecular flexibility index (Phi) is 5.44. The molecule has 1 aromatic carbocycles. The minimum atomic E-state index is -2.08. The van der Waals surface area contributed by atoms with E-state index < -0.39 is 53.9 Å². The third-order valence-electron chi connectivity index (χ3n) is 5.05. The summed E-state index contributed by atoms with van der Waals surface area (Å²) in [5.41, 5.74) is -3.21. The van der Waals surface area contributed by atoms with Crippen molar-refractivity contribution < 1.29 is 38.4 Å². The van der Waals surface area contributed by atoms with E-state index >= 15 is 0 Å². The third-order valence-corrected chi connectivity index (χ3v) is 5.05. The van der Waals surface area contributed by atoms with Crippen molar-refractivity contribution in [2.75, 3.05) is 6.61 Å². The van der Waals surface area contributed by atoms with E-state index in [0.717, 1.165) is 5.56 Å². The second kappa shape index (κ2) is 7.46. The second-order valence-electron chi connectivity index (χ2n) is 8.93. The number of carboxylic acid groups (broad SMARTS) is 1. The first-order chi connectivity index (χ1) is 13.9. The van der Waals surface area contributed by atoms with E-state index in [1.54, 1.807) is 34.6 Å². The normalized spacial score (nSPS) is 28.0. The summed E-state index contributed by atoms with van der Waals surface area (Å²) in [7, 11) is 0. The zero-order chi connectivity index (χ0) is 22.3. The molecule has 3 atom stereocenters. The van der Waals surface area contributed by atoms with Crippen LogP contribution in [0, 0.1) is 0 Å². The van der Waals surface area contributed by atoms with Crippen molar-refractivity contribution in [3.8, 4) is 0 Å². The van der Waals surface area contributed by atoms with Gasteiger partial charge in [0.1, 0.15) is 24.0 Å². The number of ether oxygens (including phenoxy) is 4. The maximum absolute atomic E-state index is 13.1. The van der Waals surface area contributed by atoms with E-state index in [9.17, 15) is 19.5 Å². The van der Waals surface area contributed by atoms with E-state index in [2.05, 4.69) is 0 Å². The summed E-state index contributed by atoms with van der Waals surface area (Å²) in [5.74, 6) is -1.40. The zero-order valence-corrected chi connectivity index (χ0v) is 17.7. The highest BCUT2D eigenvalue weighted by molar-refractivity contribution is 5.84. The van der Waals surface area contributed by atoms with Crippen LogP contribution in [0.2, 0.25) is 0 Å². The van der Waals surface area contributed by atoms with E-state index in [0.29, 0.717) is 0 Å². The molecule has 1 N–H and O–H groups in total. The highest BCUT2D eigenvalue weighted by Crippen LogP contribution is 2.42.